The van der Waals surface area contributed by atoms with Crippen molar-refractivity contribution in [3.8, 4) is 62.0 Å². The Morgan fingerprint density at radius 2 is 0.886 bits per heavy atom. The Labute approximate surface area is 651 Å². The minimum absolute atomic E-state index is 0.741. The number of rotatable bonds is 8. The Morgan fingerprint density at radius 3 is 1.49 bits per heavy atom. The van der Waals surface area contributed by atoms with Crippen LogP contribution in [0.15, 0.2) is 152 Å². The molecule has 14 aromatic heterocycles. The second kappa shape index (κ2) is 29.7. The largest absolute Gasteiger partial charge is 0.494 e. The van der Waals surface area contributed by atoms with E-state index in [1.54, 1.807) is 13.3 Å². The van der Waals surface area contributed by atoms with Gasteiger partial charge in [-0.05, 0) is 144 Å². The molecular weight excluding hydrogens is 1430 g/mol. The molecule has 19 aromatic rings. The third-order valence-corrected chi connectivity index (χ3v) is 22.4. The summed E-state index contributed by atoms with van der Waals surface area (Å²) in [6.45, 7) is 18.2. The average molecular weight is 1510 g/mol. The molecule has 2 fully saturated rings. The van der Waals surface area contributed by atoms with E-state index < -0.39 is 0 Å². The van der Waals surface area contributed by atoms with Gasteiger partial charge >= 0.3 is 0 Å². The van der Waals surface area contributed by atoms with Crippen LogP contribution in [0.3, 0.4) is 0 Å². The first kappa shape index (κ1) is 70.5. The Kier molecular flexibility index (Phi) is 18.4. The van der Waals surface area contributed by atoms with Gasteiger partial charge < -0.3 is 24.2 Å². The molecule has 0 amide bonds. The zero-order valence-electron chi connectivity index (χ0n) is 64.0. The maximum Gasteiger partial charge on any atom is 0.146 e. The number of H-pyrrole nitrogens is 9. The monoisotopic (exact) mass is 1510 g/mol. The van der Waals surface area contributed by atoms with Crippen LogP contribution in [0.25, 0.3) is 154 Å². The van der Waals surface area contributed by atoms with Crippen molar-refractivity contribution in [1.82, 2.24) is 122 Å². The molecule has 17 heterocycles. The lowest BCUT2D eigenvalue weighted by atomic mass is 9.85. The second-order valence-electron chi connectivity index (χ2n) is 29.4. The average Bonchev–Trinajstić information content (AvgIpc) is 1.25. The van der Waals surface area contributed by atoms with Crippen LogP contribution in [-0.2, 0) is 24.1 Å². The van der Waals surface area contributed by atoms with E-state index in [1.165, 1.54) is 62.6 Å². The van der Waals surface area contributed by atoms with Crippen LogP contribution in [0.4, 0.5) is 11.4 Å². The molecule has 2 saturated heterocycles. The minimum atomic E-state index is 0.741. The Bertz CT molecular complexity index is 6850. The highest BCUT2D eigenvalue weighted by Crippen LogP contribution is 2.43. The zero-order chi connectivity index (χ0) is 77.1. The van der Waals surface area contributed by atoms with Crippen molar-refractivity contribution in [3.63, 3.8) is 0 Å². The van der Waals surface area contributed by atoms with Gasteiger partial charge in [-0.3, -0.25) is 50.9 Å². The number of aromatic nitrogens is 23. The summed E-state index contributed by atoms with van der Waals surface area (Å²) in [5.41, 5.74) is 31.7. The first-order chi connectivity index (χ1) is 55.9. The Balaban J connectivity index is 0.0000000961. The van der Waals surface area contributed by atoms with Gasteiger partial charge in [0.25, 0.3) is 0 Å². The number of hydrogen-bond acceptors (Lipinski definition) is 20. The third kappa shape index (κ3) is 13.0. The van der Waals surface area contributed by atoms with Crippen LogP contribution in [-0.4, -0.2) is 194 Å². The van der Waals surface area contributed by atoms with E-state index in [4.69, 9.17) is 34.4 Å². The number of piperazine rings is 1. The highest BCUT2D eigenvalue weighted by Gasteiger charge is 2.27. The molecule has 0 spiro atoms. The molecule has 0 radical (unpaired) electrons. The topological polar surface area (TPSA) is 363 Å². The zero-order valence-corrected chi connectivity index (χ0v) is 64.0. The molecule has 29 heteroatoms. The number of fused-ring (bicyclic) bond motifs is 17. The first-order valence-electron chi connectivity index (χ1n) is 38.3. The number of likely N-dealkylation sites (N-methyl/N-ethyl adjacent to an activating group) is 1. The fraction of sp³-hybridized carbons (Fsp3) is 0.235. The second-order valence-corrected chi connectivity index (χ2v) is 29.4. The Hall–Kier alpha value is -13.9. The molecule has 4 aliphatic rings. The van der Waals surface area contributed by atoms with Crippen LogP contribution in [0.2, 0.25) is 0 Å². The van der Waals surface area contributed by atoms with E-state index in [-0.39, 0.29) is 0 Å². The van der Waals surface area contributed by atoms with Gasteiger partial charge in [0.15, 0.2) is 0 Å². The van der Waals surface area contributed by atoms with Crippen LogP contribution in [0.1, 0.15) is 63.6 Å². The standard InChI is InChI=1S/C19H21N7.C19H19N5O.C18H18N6O.C15H12N4.C14H11N5/c1-12-13(10-20-23-12)17-9-18(26-7-5-25(2)6-8-26)19-14-11-21-24-15(14)3-4-16(19)22-17;1-10-13(8-20-23-10)18-12-6-4-3-5-11(12)17-14-9-21-24-19(14)16(25-2)7-15(17)22-18;1-11-12(9-19-22-11)16-8-17(24-4-6-25-7-5-24)18-13-10-20-23-14(13)2-3-15(18)21-16;1-9-12(8-17-19-9)15-5-3-11-13-7-16-6-10(13)2-4-14(11)18-15;1-8-11(7-16-18-8)12-5-4-9-2-3-10-6-15-19-14(10)13(9)17-12/h3-4,9-11H,5-8H2,1-2H3,(H,20,23)(H,21,24);7-9H,3-6H2,1-2H3,(H,20,23)(H,21,24);2-3,8-10H,4-7H2,1H3,(H,19,22)(H,20,23);2-6,8H,7H2,1H3,(H,17,19);2-7H,1H3,(H,15,19)(H,16,18). The van der Waals surface area contributed by atoms with E-state index in [2.05, 4.69) is 185 Å². The van der Waals surface area contributed by atoms with Crippen molar-refractivity contribution >= 4 is 116 Å². The highest BCUT2D eigenvalue weighted by molar-refractivity contribution is 6.14. The molecule has 3 aliphatic heterocycles. The maximum absolute atomic E-state index is 5.56. The summed E-state index contributed by atoms with van der Waals surface area (Å²) in [5.74, 6) is 0.776. The van der Waals surface area contributed by atoms with E-state index in [1.807, 2.05) is 115 Å². The quantitative estimate of drug-likeness (QED) is 0.0682. The van der Waals surface area contributed by atoms with Gasteiger partial charge in [-0.1, -0.05) is 30.3 Å². The number of morpholine rings is 1. The molecule has 23 rings (SSSR count). The summed E-state index contributed by atoms with van der Waals surface area (Å²) in [7, 11) is 3.86. The van der Waals surface area contributed by atoms with E-state index >= 15 is 0 Å². The minimum Gasteiger partial charge on any atom is -0.494 e. The molecule has 0 bridgehead atoms. The van der Waals surface area contributed by atoms with Gasteiger partial charge in [-0.15, -0.1) is 0 Å². The van der Waals surface area contributed by atoms with Crippen molar-refractivity contribution < 1.29 is 9.47 Å². The van der Waals surface area contributed by atoms with Crippen molar-refractivity contribution in [2.75, 3.05) is 76.4 Å². The molecular formula is C85H81N27O2. The number of methoxy groups -OCH3 is 1. The van der Waals surface area contributed by atoms with Gasteiger partial charge in [-0.25, -0.2) is 24.9 Å². The number of aliphatic imine (C=N–C) groups is 1. The Morgan fingerprint density at radius 1 is 0.386 bits per heavy atom. The molecule has 568 valence electrons. The van der Waals surface area contributed by atoms with Gasteiger partial charge in [0.2, 0.25) is 0 Å². The lowest BCUT2D eigenvalue weighted by Crippen LogP contribution is -2.44. The number of pyridine rings is 5. The summed E-state index contributed by atoms with van der Waals surface area (Å²) in [6.07, 6.45) is 23.2. The molecule has 29 nitrogen and oxygen atoms in total. The van der Waals surface area contributed by atoms with Crippen molar-refractivity contribution in [3.05, 3.63) is 197 Å². The predicted molar refractivity (Wildman–Crippen MR) is 446 cm³/mol. The fourth-order valence-corrected chi connectivity index (χ4v) is 16.3. The number of nitrogens with one attached hydrogen (secondary N) is 9. The molecule has 1 aliphatic carbocycles. The highest BCUT2D eigenvalue weighted by atomic mass is 16.5. The number of aryl methyl sites for hydroxylation is 6. The molecule has 5 aromatic carbocycles. The normalized spacial score (nSPS) is 14.2. The number of nitrogens with zero attached hydrogens (tertiary/aromatic N) is 18. The van der Waals surface area contributed by atoms with E-state index in [0.717, 1.165) is 244 Å². The van der Waals surface area contributed by atoms with Gasteiger partial charge in [0, 0.05) is 168 Å². The number of aromatic amines is 9. The summed E-state index contributed by atoms with van der Waals surface area (Å²) in [5, 5.41) is 74.8. The molecule has 114 heavy (non-hydrogen) atoms. The van der Waals surface area contributed by atoms with Gasteiger partial charge in [0.1, 0.15) is 11.3 Å². The third-order valence-electron chi connectivity index (χ3n) is 22.4. The lowest BCUT2D eigenvalue weighted by Gasteiger charge is -2.35. The maximum atomic E-state index is 5.56. The number of benzene rings is 5. The molecule has 0 atom stereocenters. The number of ether oxygens (including phenoxy) is 2. The fourth-order valence-electron chi connectivity index (χ4n) is 16.3. The van der Waals surface area contributed by atoms with Crippen LogP contribution in [0, 0.1) is 34.6 Å². The summed E-state index contributed by atoms with van der Waals surface area (Å²) >= 11 is 0. The van der Waals surface area contributed by atoms with E-state index in [9.17, 15) is 0 Å². The van der Waals surface area contributed by atoms with Gasteiger partial charge in [-0.2, -0.15) is 45.9 Å². The van der Waals surface area contributed by atoms with E-state index in [0.29, 0.717) is 0 Å². The van der Waals surface area contributed by atoms with Crippen LogP contribution >= 0.6 is 0 Å². The molecule has 0 saturated carbocycles. The SMILES string of the molecule is COc1cc2nc(-c3cn[nH]c3C)c3c(c2c2cn[nH]c12)CCCC3.Cc1[nH]ncc1-c1cc(N2CCN(C)CC2)c2c(ccc3[nH]ncc32)n1.Cc1[nH]ncc1-c1cc(N2CCOCC2)c2c(ccc3[nH]ncc32)n1.Cc1[nH]ncc1-c1ccc2c3c(ccc2n1)C=NC3.Cc1[nH]ncc1-c1ccc2ccc3cn[nH]c3c2n1. The van der Waals surface area contributed by atoms with Gasteiger partial charge in [0.05, 0.1) is 155 Å². The number of anilines is 2. The molecule has 9 N–H and O–H groups in total. The summed E-state index contributed by atoms with van der Waals surface area (Å²) in [6, 6.07) is 31.1. The number of hydrogen-bond donors (Lipinski definition) is 9. The molecule has 0 unspecified atom stereocenters. The smallest absolute Gasteiger partial charge is 0.146 e. The summed E-state index contributed by atoms with van der Waals surface area (Å²) < 4.78 is 11.1. The van der Waals surface area contributed by atoms with Crippen molar-refractivity contribution in [2.24, 2.45) is 4.99 Å². The van der Waals surface area contributed by atoms with Crippen LogP contribution in [0.5, 0.6) is 5.75 Å². The summed E-state index contributed by atoms with van der Waals surface area (Å²) in [4.78, 5) is 35.9. The van der Waals surface area contributed by atoms with Crippen molar-refractivity contribution in [2.45, 2.75) is 66.8 Å². The first-order valence-corrected chi connectivity index (χ1v) is 38.3. The van der Waals surface area contributed by atoms with Crippen LogP contribution < -0.4 is 14.5 Å². The predicted octanol–water partition coefficient (Wildman–Crippen LogP) is 14.6. The lowest BCUT2D eigenvalue weighted by molar-refractivity contribution is 0.123. The van der Waals surface area contributed by atoms with Crippen molar-refractivity contribution in [1.29, 1.82) is 0 Å².